The van der Waals surface area contributed by atoms with E-state index in [1.54, 1.807) is 7.05 Å². The topological polar surface area (TPSA) is 57.6 Å². The second-order valence-corrected chi connectivity index (χ2v) is 6.63. The van der Waals surface area contributed by atoms with Gasteiger partial charge in [-0.25, -0.2) is 0 Å². The van der Waals surface area contributed by atoms with Crippen LogP contribution < -0.4 is 0 Å². The summed E-state index contributed by atoms with van der Waals surface area (Å²) in [5.74, 6) is 0.650. The Morgan fingerprint density at radius 1 is 1.20 bits per heavy atom. The fourth-order valence-electron chi connectivity index (χ4n) is 3.11. The van der Waals surface area contributed by atoms with Crippen molar-refractivity contribution in [2.45, 2.75) is 58.8 Å². The molecule has 1 fully saturated rings. The number of rotatable bonds is 7. The SMILES string of the molecule is CC(C)CCC[C@H]1CC[C@H](C(=O)N(C)CC(=O)O)CC1. The summed E-state index contributed by atoms with van der Waals surface area (Å²) in [6.07, 6.45) is 7.96. The number of hydrogen-bond donors (Lipinski definition) is 1. The number of carbonyl (C=O) groups excluding carboxylic acids is 1. The van der Waals surface area contributed by atoms with E-state index in [-0.39, 0.29) is 18.4 Å². The minimum atomic E-state index is -0.941. The van der Waals surface area contributed by atoms with Crippen LogP contribution in [0, 0.1) is 17.8 Å². The Balaban J connectivity index is 2.27. The minimum absolute atomic E-state index is 0.00744. The monoisotopic (exact) mass is 283 g/mol. The number of carboxylic acids is 1. The van der Waals surface area contributed by atoms with Gasteiger partial charge in [-0.3, -0.25) is 9.59 Å². The van der Waals surface area contributed by atoms with Crippen molar-refractivity contribution < 1.29 is 14.7 Å². The predicted octanol–water partition coefficient (Wildman–Crippen LogP) is 3.16. The third-order valence-corrected chi connectivity index (χ3v) is 4.34. The van der Waals surface area contributed by atoms with Crippen LogP contribution in [0.2, 0.25) is 0 Å². The summed E-state index contributed by atoms with van der Waals surface area (Å²) in [5, 5.41) is 8.72. The van der Waals surface area contributed by atoms with Crippen molar-refractivity contribution in [3.63, 3.8) is 0 Å². The number of amides is 1. The Hall–Kier alpha value is -1.06. The fourth-order valence-corrected chi connectivity index (χ4v) is 3.11. The number of likely N-dealkylation sites (N-methyl/N-ethyl adjacent to an activating group) is 1. The number of carboxylic acid groups (broad SMARTS) is 1. The summed E-state index contributed by atoms with van der Waals surface area (Å²) in [4.78, 5) is 24.1. The maximum atomic E-state index is 12.1. The summed E-state index contributed by atoms with van der Waals surface area (Å²) in [7, 11) is 1.59. The summed E-state index contributed by atoms with van der Waals surface area (Å²) in [5.41, 5.74) is 0. The molecule has 0 radical (unpaired) electrons. The molecule has 1 saturated carbocycles. The molecule has 0 atom stereocenters. The van der Waals surface area contributed by atoms with Crippen molar-refractivity contribution in [1.82, 2.24) is 4.90 Å². The van der Waals surface area contributed by atoms with Gasteiger partial charge in [0.2, 0.25) is 5.91 Å². The lowest BCUT2D eigenvalue weighted by Crippen LogP contribution is -2.38. The average Bonchev–Trinajstić information content (AvgIpc) is 2.37. The Morgan fingerprint density at radius 2 is 1.80 bits per heavy atom. The third-order valence-electron chi connectivity index (χ3n) is 4.34. The van der Waals surface area contributed by atoms with E-state index in [2.05, 4.69) is 13.8 Å². The van der Waals surface area contributed by atoms with Crippen molar-refractivity contribution in [3.05, 3.63) is 0 Å². The van der Waals surface area contributed by atoms with Crippen LogP contribution in [0.4, 0.5) is 0 Å². The van der Waals surface area contributed by atoms with Crippen LogP contribution >= 0.6 is 0 Å². The Kier molecular flexibility index (Phi) is 7.03. The molecule has 0 aliphatic heterocycles. The molecule has 1 N–H and O–H groups in total. The molecule has 4 heteroatoms. The van der Waals surface area contributed by atoms with E-state index < -0.39 is 5.97 Å². The molecule has 4 nitrogen and oxygen atoms in total. The first-order valence-electron chi connectivity index (χ1n) is 7.87. The van der Waals surface area contributed by atoms with Gasteiger partial charge in [-0.05, 0) is 37.5 Å². The van der Waals surface area contributed by atoms with Gasteiger partial charge in [0.05, 0.1) is 0 Å². The van der Waals surface area contributed by atoms with Crippen LogP contribution in [-0.2, 0) is 9.59 Å². The zero-order valence-electron chi connectivity index (χ0n) is 13.1. The normalized spacial score (nSPS) is 22.8. The van der Waals surface area contributed by atoms with Gasteiger partial charge in [0, 0.05) is 13.0 Å². The van der Waals surface area contributed by atoms with E-state index in [0.29, 0.717) is 0 Å². The Labute approximate surface area is 122 Å². The zero-order valence-corrected chi connectivity index (χ0v) is 13.1. The largest absolute Gasteiger partial charge is 0.480 e. The molecule has 1 aliphatic carbocycles. The fraction of sp³-hybridized carbons (Fsp3) is 0.875. The van der Waals surface area contributed by atoms with E-state index >= 15 is 0 Å². The van der Waals surface area contributed by atoms with Crippen molar-refractivity contribution in [2.75, 3.05) is 13.6 Å². The highest BCUT2D eigenvalue weighted by Gasteiger charge is 2.28. The highest BCUT2D eigenvalue weighted by Crippen LogP contribution is 2.33. The molecule has 0 spiro atoms. The van der Waals surface area contributed by atoms with Gasteiger partial charge in [0.25, 0.3) is 0 Å². The first-order chi connectivity index (χ1) is 9.40. The quantitative estimate of drug-likeness (QED) is 0.780. The van der Waals surface area contributed by atoms with Crippen LogP contribution in [0.3, 0.4) is 0 Å². The van der Waals surface area contributed by atoms with Crippen molar-refractivity contribution in [3.8, 4) is 0 Å². The second kappa shape index (κ2) is 8.28. The summed E-state index contributed by atoms with van der Waals surface area (Å²) in [6.45, 7) is 4.33. The van der Waals surface area contributed by atoms with Gasteiger partial charge in [-0.1, -0.05) is 33.1 Å². The average molecular weight is 283 g/mol. The standard InChI is InChI=1S/C16H29NO3/c1-12(2)5-4-6-13-7-9-14(10-8-13)16(20)17(3)11-15(18)19/h12-14H,4-11H2,1-3H3,(H,18,19)/t13-,14-. The highest BCUT2D eigenvalue weighted by molar-refractivity contribution is 5.82. The molecule has 1 amide bonds. The van der Waals surface area contributed by atoms with Crippen LogP contribution in [-0.4, -0.2) is 35.5 Å². The van der Waals surface area contributed by atoms with Gasteiger partial charge in [0.15, 0.2) is 0 Å². The van der Waals surface area contributed by atoms with E-state index in [9.17, 15) is 9.59 Å². The molecule has 0 aromatic heterocycles. The van der Waals surface area contributed by atoms with E-state index in [4.69, 9.17) is 5.11 Å². The summed E-state index contributed by atoms with van der Waals surface area (Å²) < 4.78 is 0. The second-order valence-electron chi connectivity index (χ2n) is 6.63. The number of carbonyl (C=O) groups is 2. The minimum Gasteiger partial charge on any atom is -0.480 e. The summed E-state index contributed by atoms with van der Waals surface area (Å²) >= 11 is 0. The van der Waals surface area contributed by atoms with Crippen LogP contribution in [0.5, 0.6) is 0 Å². The predicted molar refractivity (Wildman–Crippen MR) is 79.4 cm³/mol. The van der Waals surface area contributed by atoms with Gasteiger partial charge in [-0.2, -0.15) is 0 Å². The zero-order chi connectivity index (χ0) is 15.1. The lowest BCUT2D eigenvalue weighted by atomic mass is 9.79. The molecule has 116 valence electrons. The van der Waals surface area contributed by atoms with E-state index in [1.165, 1.54) is 24.2 Å². The molecule has 0 unspecified atom stereocenters. The highest BCUT2D eigenvalue weighted by atomic mass is 16.4. The molecule has 0 saturated heterocycles. The van der Waals surface area contributed by atoms with Gasteiger partial charge in [-0.15, -0.1) is 0 Å². The van der Waals surface area contributed by atoms with Gasteiger partial charge in [0.1, 0.15) is 6.54 Å². The lowest BCUT2D eigenvalue weighted by molar-refractivity contribution is -0.145. The van der Waals surface area contributed by atoms with Crippen molar-refractivity contribution in [1.29, 1.82) is 0 Å². The molecular weight excluding hydrogens is 254 g/mol. The maximum absolute atomic E-state index is 12.1. The number of aliphatic carboxylic acids is 1. The molecule has 0 heterocycles. The van der Waals surface area contributed by atoms with Crippen LogP contribution in [0.25, 0.3) is 0 Å². The van der Waals surface area contributed by atoms with Gasteiger partial charge < -0.3 is 10.0 Å². The molecule has 1 aliphatic rings. The van der Waals surface area contributed by atoms with Crippen molar-refractivity contribution in [2.24, 2.45) is 17.8 Å². The third kappa shape index (κ3) is 5.93. The number of hydrogen-bond acceptors (Lipinski definition) is 2. The molecule has 1 rings (SSSR count). The summed E-state index contributed by atoms with van der Waals surface area (Å²) in [6, 6.07) is 0. The molecule has 0 aromatic carbocycles. The van der Waals surface area contributed by atoms with Crippen LogP contribution in [0.1, 0.15) is 58.8 Å². The van der Waals surface area contributed by atoms with Crippen LogP contribution in [0.15, 0.2) is 0 Å². The van der Waals surface area contributed by atoms with E-state index in [1.807, 2.05) is 0 Å². The first kappa shape index (κ1) is 17.0. The Morgan fingerprint density at radius 3 is 2.30 bits per heavy atom. The molecular formula is C16H29NO3. The van der Waals surface area contributed by atoms with E-state index in [0.717, 1.165) is 37.5 Å². The molecule has 20 heavy (non-hydrogen) atoms. The van der Waals surface area contributed by atoms with Gasteiger partial charge >= 0.3 is 5.97 Å². The molecule has 0 bridgehead atoms. The maximum Gasteiger partial charge on any atom is 0.323 e. The number of nitrogens with zero attached hydrogens (tertiary/aromatic N) is 1. The lowest BCUT2D eigenvalue weighted by Gasteiger charge is -2.30. The molecule has 0 aromatic rings. The first-order valence-corrected chi connectivity index (χ1v) is 7.87. The van der Waals surface area contributed by atoms with Crippen molar-refractivity contribution >= 4 is 11.9 Å². The Bertz CT molecular complexity index is 320. The smallest absolute Gasteiger partial charge is 0.323 e.